The van der Waals surface area contributed by atoms with Gasteiger partial charge in [0.05, 0.1) is 31.6 Å². The maximum Gasteiger partial charge on any atom is 0.124 e. The fourth-order valence-corrected chi connectivity index (χ4v) is 2.54. The summed E-state index contributed by atoms with van der Waals surface area (Å²) in [5.74, 6) is 1.65. The summed E-state index contributed by atoms with van der Waals surface area (Å²) in [6, 6.07) is 7.94. The van der Waals surface area contributed by atoms with Gasteiger partial charge in [0.2, 0.25) is 0 Å². The standard InChI is InChI=1S/C16H23N3O2/c1-6-17-16(14-9-11(2)18-19(14)3)13-10-12(20-4)7-8-15(13)21-5/h7-10,16-17H,6H2,1-5H3. The number of rotatable bonds is 6. The Balaban J connectivity index is 2.54. The first-order chi connectivity index (χ1) is 10.1. The zero-order valence-electron chi connectivity index (χ0n) is 13.3. The Bertz CT molecular complexity index is 608. The lowest BCUT2D eigenvalue weighted by Crippen LogP contribution is -2.24. The summed E-state index contributed by atoms with van der Waals surface area (Å²) in [7, 11) is 5.31. The first-order valence-electron chi connectivity index (χ1n) is 7.06. The molecule has 0 aliphatic carbocycles. The molecule has 0 aliphatic rings. The third-order valence-corrected chi connectivity index (χ3v) is 3.49. The summed E-state index contributed by atoms with van der Waals surface area (Å²) in [6.07, 6.45) is 0. The van der Waals surface area contributed by atoms with Crippen molar-refractivity contribution in [2.45, 2.75) is 19.9 Å². The number of nitrogens with zero attached hydrogens (tertiary/aromatic N) is 2. The van der Waals surface area contributed by atoms with Crippen molar-refractivity contribution < 1.29 is 9.47 Å². The number of hydrogen-bond donors (Lipinski definition) is 1. The molecule has 0 amide bonds. The van der Waals surface area contributed by atoms with Crippen molar-refractivity contribution in [1.29, 1.82) is 0 Å². The maximum atomic E-state index is 5.52. The minimum Gasteiger partial charge on any atom is -0.497 e. The second-order valence-corrected chi connectivity index (χ2v) is 4.93. The van der Waals surface area contributed by atoms with Crippen molar-refractivity contribution >= 4 is 0 Å². The van der Waals surface area contributed by atoms with Gasteiger partial charge in [-0.3, -0.25) is 4.68 Å². The minimum atomic E-state index is 0.00579. The van der Waals surface area contributed by atoms with Crippen molar-refractivity contribution in [3.8, 4) is 11.5 Å². The summed E-state index contributed by atoms with van der Waals surface area (Å²) >= 11 is 0. The highest BCUT2D eigenvalue weighted by Crippen LogP contribution is 2.33. The molecular weight excluding hydrogens is 266 g/mol. The number of nitrogens with one attached hydrogen (secondary N) is 1. The van der Waals surface area contributed by atoms with Gasteiger partial charge >= 0.3 is 0 Å². The lowest BCUT2D eigenvalue weighted by molar-refractivity contribution is 0.392. The predicted molar refractivity (Wildman–Crippen MR) is 83.0 cm³/mol. The van der Waals surface area contributed by atoms with E-state index in [-0.39, 0.29) is 6.04 Å². The Hall–Kier alpha value is -2.01. The van der Waals surface area contributed by atoms with Crippen LogP contribution in [-0.2, 0) is 7.05 Å². The zero-order valence-corrected chi connectivity index (χ0v) is 13.3. The molecule has 5 nitrogen and oxygen atoms in total. The summed E-state index contributed by atoms with van der Waals surface area (Å²) in [5, 5.41) is 7.94. The number of ether oxygens (including phenoxy) is 2. The van der Waals surface area contributed by atoms with Crippen LogP contribution in [-0.4, -0.2) is 30.5 Å². The van der Waals surface area contributed by atoms with Crippen molar-refractivity contribution in [2.24, 2.45) is 7.05 Å². The van der Waals surface area contributed by atoms with Gasteiger partial charge in [-0.2, -0.15) is 5.10 Å². The molecule has 0 bridgehead atoms. The van der Waals surface area contributed by atoms with E-state index in [9.17, 15) is 0 Å². The van der Waals surface area contributed by atoms with Gasteiger partial charge in [-0.05, 0) is 37.7 Å². The molecule has 1 atom stereocenters. The first kappa shape index (κ1) is 15.4. The molecule has 2 aromatic rings. The van der Waals surface area contributed by atoms with E-state index >= 15 is 0 Å². The lowest BCUT2D eigenvalue weighted by atomic mass is 10.0. The van der Waals surface area contributed by atoms with Gasteiger partial charge in [0, 0.05) is 12.6 Å². The normalized spacial score (nSPS) is 12.2. The van der Waals surface area contributed by atoms with E-state index in [0.29, 0.717) is 0 Å². The van der Waals surface area contributed by atoms with Crippen LogP contribution >= 0.6 is 0 Å². The summed E-state index contributed by atoms with van der Waals surface area (Å²) in [4.78, 5) is 0. The van der Waals surface area contributed by atoms with E-state index < -0.39 is 0 Å². The predicted octanol–water partition coefficient (Wildman–Crippen LogP) is 2.44. The van der Waals surface area contributed by atoms with Gasteiger partial charge in [-0.15, -0.1) is 0 Å². The van der Waals surface area contributed by atoms with Crippen LogP contribution in [0.3, 0.4) is 0 Å². The molecule has 0 aliphatic heterocycles. The van der Waals surface area contributed by atoms with Gasteiger partial charge in [0.25, 0.3) is 0 Å². The van der Waals surface area contributed by atoms with Crippen LogP contribution in [0, 0.1) is 6.92 Å². The van der Waals surface area contributed by atoms with Crippen LogP contribution in [0.25, 0.3) is 0 Å². The lowest BCUT2D eigenvalue weighted by Gasteiger charge is -2.21. The van der Waals surface area contributed by atoms with Crippen LogP contribution < -0.4 is 14.8 Å². The molecule has 0 saturated heterocycles. The van der Waals surface area contributed by atoms with E-state index in [0.717, 1.165) is 35.0 Å². The smallest absolute Gasteiger partial charge is 0.124 e. The fraction of sp³-hybridized carbons (Fsp3) is 0.438. The van der Waals surface area contributed by atoms with Crippen LogP contribution in [0.15, 0.2) is 24.3 Å². The second kappa shape index (κ2) is 6.63. The van der Waals surface area contributed by atoms with Crippen molar-refractivity contribution in [1.82, 2.24) is 15.1 Å². The molecule has 0 saturated carbocycles. The minimum absolute atomic E-state index is 0.00579. The summed E-state index contributed by atoms with van der Waals surface area (Å²) in [5.41, 5.74) is 3.14. The van der Waals surface area contributed by atoms with Gasteiger partial charge in [0.15, 0.2) is 0 Å². The fourth-order valence-electron chi connectivity index (χ4n) is 2.54. The zero-order chi connectivity index (χ0) is 15.4. The number of benzene rings is 1. The van der Waals surface area contributed by atoms with Crippen LogP contribution in [0.1, 0.15) is 29.9 Å². The van der Waals surface area contributed by atoms with E-state index in [2.05, 4.69) is 23.4 Å². The molecule has 1 heterocycles. The highest BCUT2D eigenvalue weighted by atomic mass is 16.5. The Morgan fingerprint density at radius 1 is 1.24 bits per heavy atom. The summed E-state index contributed by atoms with van der Waals surface area (Å²) in [6.45, 7) is 4.92. The number of hydrogen-bond acceptors (Lipinski definition) is 4. The van der Waals surface area contributed by atoms with Crippen LogP contribution in [0.2, 0.25) is 0 Å². The summed E-state index contributed by atoms with van der Waals surface area (Å²) < 4.78 is 12.8. The molecule has 5 heteroatoms. The Morgan fingerprint density at radius 3 is 2.52 bits per heavy atom. The molecule has 114 valence electrons. The maximum absolute atomic E-state index is 5.52. The number of aryl methyl sites for hydroxylation is 2. The van der Waals surface area contributed by atoms with Gasteiger partial charge in [-0.25, -0.2) is 0 Å². The van der Waals surface area contributed by atoms with Gasteiger partial charge < -0.3 is 14.8 Å². The SMILES string of the molecule is CCNC(c1cc(OC)ccc1OC)c1cc(C)nn1C. The van der Waals surface area contributed by atoms with Crippen LogP contribution in [0.5, 0.6) is 11.5 Å². The molecule has 2 rings (SSSR count). The van der Waals surface area contributed by atoms with Crippen molar-refractivity contribution in [3.63, 3.8) is 0 Å². The molecule has 0 radical (unpaired) electrons. The second-order valence-electron chi connectivity index (χ2n) is 4.93. The quantitative estimate of drug-likeness (QED) is 0.887. The molecule has 0 fully saturated rings. The van der Waals surface area contributed by atoms with Crippen LogP contribution in [0.4, 0.5) is 0 Å². The van der Waals surface area contributed by atoms with E-state index in [1.165, 1.54) is 0 Å². The third-order valence-electron chi connectivity index (χ3n) is 3.49. The molecule has 0 spiro atoms. The third kappa shape index (κ3) is 3.19. The topological polar surface area (TPSA) is 48.3 Å². The van der Waals surface area contributed by atoms with Gasteiger partial charge in [-0.1, -0.05) is 6.92 Å². The number of methoxy groups -OCH3 is 2. The highest BCUT2D eigenvalue weighted by Gasteiger charge is 2.21. The largest absolute Gasteiger partial charge is 0.497 e. The molecular formula is C16H23N3O2. The Kier molecular flexibility index (Phi) is 4.85. The molecule has 21 heavy (non-hydrogen) atoms. The molecule has 1 aromatic carbocycles. The Morgan fingerprint density at radius 2 is 2.00 bits per heavy atom. The van der Waals surface area contributed by atoms with Gasteiger partial charge in [0.1, 0.15) is 11.5 Å². The van der Waals surface area contributed by atoms with E-state index in [1.807, 2.05) is 36.9 Å². The monoisotopic (exact) mass is 289 g/mol. The Labute approximate surface area is 125 Å². The highest BCUT2D eigenvalue weighted by molar-refractivity contribution is 5.45. The van der Waals surface area contributed by atoms with Crippen molar-refractivity contribution in [2.75, 3.05) is 20.8 Å². The first-order valence-corrected chi connectivity index (χ1v) is 7.06. The van der Waals surface area contributed by atoms with E-state index in [1.54, 1.807) is 14.2 Å². The average molecular weight is 289 g/mol. The average Bonchev–Trinajstić information content (AvgIpc) is 2.82. The van der Waals surface area contributed by atoms with Crippen molar-refractivity contribution in [3.05, 3.63) is 41.2 Å². The molecule has 1 aromatic heterocycles. The molecule has 1 N–H and O–H groups in total. The number of aromatic nitrogens is 2. The molecule has 1 unspecified atom stereocenters. The van der Waals surface area contributed by atoms with E-state index in [4.69, 9.17) is 9.47 Å².